The Morgan fingerprint density at radius 1 is 1.25 bits per heavy atom. The Labute approximate surface area is 129 Å². The Kier molecular flexibility index (Phi) is 3.82. The lowest BCUT2D eigenvalue weighted by Gasteiger charge is -2.27. The number of hydrogen-bond acceptors (Lipinski definition) is 3. The number of halogens is 1. The lowest BCUT2D eigenvalue weighted by atomic mass is 9.80. The molecule has 0 spiro atoms. The molecular formula is C16H22BrNO2. The second kappa shape index (κ2) is 5.32. The smallest absolute Gasteiger partial charge is 0.127 e. The van der Waals surface area contributed by atoms with Gasteiger partial charge in [-0.25, -0.2) is 0 Å². The summed E-state index contributed by atoms with van der Waals surface area (Å²) in [6.45, 7) is 7.26. The Balaban J connectivity index is 1.97. The molecule has 0 aromatic heterocycles. The first-order chi connectivity index (χ1) is 9.49. The van der Waals surface area contributed by atoms with E-state index in [1.807, 2.05) is 0 Å². The third-order valence-electron chi connectivity index (χ3n) is 4.87. The maximum Gasteiger partial charge on any atom is 0.127 e. The number of fused-ring (bicyclic) bond motifs is 1. The molecule has 5 atom stereocenters. The molecule has 2 aliphatic rings. The van der Waals surface area contributed by atoms with Crippen molar-refractivity contribution in [3.05, 3.63) is 27.7 Å². The van der Waals surface area contributed by atoms with Crippen molar-refractivity contribution >= 4 is 15.9 Å². The minimum Gasteiger partial charge on any atom is -0.493 e. The van der Waals surface area contributed by atoms with Gasteiger partial charge in [0.2, 0.25) is 0 Å². The van der Waals surface area contributed by atoms with Gasteiger partial charge in [0.1, 0.15) is 5.75 Å². The van der Waals surface area contributed by atoms with Crippen molar-refractivity contribution in [2.75, 3.05) is 6.61 Å². The molecule has 110 valence electrons. The first-order valence-corrected chi connectivity index (χ1v) is 8.14. The molecular weight excluding hydrogens is 318 g/mol. The van der Waals surface area contributed by atoms with Crippen LogP contribution < -0.4 is 10.5 Å². The van der Waals surface area contributed by atoms with E-state index in [1.165, 1.54) is 5.56 Å². The van der Waals surface area contributed by atoms with E-state index in [0.29, 0.717) is 11.8 Å². The van der Waals surface area contributed by atoms with Gasteiger partial charge in [0.25, 0.3) is 0 Å². The SMILES string of the molecule is CC1OC(C)C(C(N)c2cc(Br)cc3c2OCC3)C1C. The number of nitrogens with two attached hydrogens (primary N) is 1. The van der Waals surface area contributed by atoms with Crippen molar-refractivity contribution in [1.29, 1.82) is 0 Å². The van der Waals surface area contributed by atoms with Crippen molar-refractivity contribution in [2.45, 2.75) is 45.4 Å². The summed E-state index contributed by atoms with van der Waals surface area (Å²) >= 11 is 3.59. The van der Waals surface area contributed by atoms with Crippen LogP contribution in [0.1, 0.15) is 37.9 Å². The number of benzene rings is 1. The third kappa shape index (κ3) is 2.28. The Hall–Kier alpha value is -0.580. The molecule has 0 amide bonds. The van der Waals surface area contributed by atoms with Crippen LogP contribution in [0.4, 0.5) is 0 Å². The van der Waals surface area contributed by atoms with Crippen molar-refractivity contribution in [2.24, 2.45) is 17.6 Å². The van der Waals surface area contributed by atoms with E-state index in [2.05, 4.69) is 48.8 Å². The zero-order valence-electron chi connectivity index (χ0n) is 12.2. The second-order valence-electron chi connectivity index (χ2n) is 6.09. The molecule has 0 aliphatic carbocycles. The summed E-state index contributed by atoms with van der Waals surface area (Å²) < 4.78 is 12.8. The summed E-state index contributed by atoms with van der Waals surface area (Å²) in [5.41, 5.74) is 8.98. The van der Waals surface area contributed by atoms with Gasteiger partial charge < -0.3 is 15.2 Å². The largest absolute Gasteiger partial charge is 0.493 e. The van der Waals surface area contributed by atoms with Crippen LogP contribution in [-0.4, -0.2) is 18.8 Å². The number of hydrogen-bond donors (Lipinski definition) is 1. The van der Waals surface area contributed by atoms with E-state index in [4.69, 9.17) is 15.2 Å². The van der Waals surface area contributed by atoms with Gasteiger partial charge in [-0.1, -0.05) is 22.9 Å². The Morgan fingerprint density at radius 3 is 2.65 bits per heavy atom. The minimum atomic E-state index is -0.0469. The predicted octanol–water partition coefficient (Wildman–Crippen LogP) is 3.44. The number of rotatable bonds is 2. The fourth-order valence-electron chi connectivity index (χ4n) is 3.67. The predicted molar refractivity (Wildman–Crippen MR) is 82.9 cm³/mol. The molecule has 1 aromatic carbocycles. The monoisotopic (exact) mass is 339 g/mol. The molecule has 0 bridgehead atoms. The van der Waals surface area contributed by atoms with E-state index in [9.17, 15) is 0 Å². The fourth-order valence-corrected chi connectivity index (χ4v) is 4.19. The van der Waals surface area contributed by atoms with Crippen LogP contribution in [0.3, 0.4) is 0 Å². The average molecular weight is 340 g/mol. The van der Waals surface area contributed by atoms with Crippen molar-refractivity contribution < 1.29 is 9.47 Å². The third-order valence-corrected chi connectivity index (χ3v) is 5.33. The molecule has 0 radical (unpaired) electrons. The molecule has 1 fully saturated rings. The van der Waals surface area contributed by atoms with E-state index in [1.54, 1.807) is 0 Å². The zero-order chi connectivity index (χ0) is 14.4. The molecule has 1 saturated heterocycles. The molecule has 2 heterocycles. The van der Waals surface area contributed by atoms with Crippen molar-refractivity contribution in [1.82, 2.24) is 0 Å². The molecule has 4 heteroatoms. The molecule has 5 unspecified atom stereocenters. The standard InChI is InChI=1S/C16H22BrNO2/c1-8-9(2)20-10(3)14(8)15(18)13-7-12(17)6-11-4-5-19-16(11)13/h6-10,14-15H,4-5,18H2,1-3H3. The van der Waals surface area contributed by atoms with Crippen LogP contribution in [0.5, 0.6) is 5.75 Å². The van der Waals surface area contributed by atoms with Crippen LogP contribution >= 0.6 is 15.9 Å². The summed E-state index contributed by atoms with van der Waals surface area (Å²) in [4.78, 5) is 0. The van der Waals surface area contributed by atoms with Crippen LogP contribution in [-0.2, 0) is 11.2 Å². The first kappa shape index (κ1) is 14.4. The highest BCUT2D eigenvalue weighted by atomic mass is 79.9. The average Bonchev–Trinajstić information content (AvgIpc) is 2.93. The molecule has 0 saturated carbocycles. The molecule has 20 heavy (non-hydrogen) atoms. The fraction of sp³-hybridized carbons (Fsp3) is 0.625. The summed E-state index contributed by atoms with van der Waals surface area (Å²) in [6, 6.07) is 4.20. The van der Waals surface area contributed by atoms with Crippen molar-refractivity contribution in [3.63, 3.8) is 0 Å². The van der Waals surface area contributed by atoms with Gasteiger partial charge in [-0.2, -0.15) is 0 Å². The normalized spacial score (nSPS) is 33.9. The molecule has 3 rings (SSSR count). The van der Waals surface area contributed by atoms with Crippen molar-refractivity contribution in [3.8, 4) is 5.75 Å². The van der Waals surface area contributed by atoms with Gasteiger partial charge in [-0.15, -0.1) is 0 Å². The quantitative estimate of drug-likeness (QED) is 0.897. The van der Waals surface area contributed by atoms with Gasteiger partial charge in [-0.3, -0.25) is 0 Å². The summed E-state index contributed by atoms with van der Waals surface area (Å²) in [5.74, 6) is 1.78. The highest BCUT2D eigenvalue weighted by molar-refractivity contribution is 9.10. The summed E-state index contributed by atoms with van der Waals surface area (Å²) in [5, 5.41) is 0. The van der Waals surface area contributed by atoms with Gasteiger partial charge >= 0.3 is 0 Å². The minimum absolute atomic E-state index is 0.0469. The van der Waals surface area contributed by atoms with E-state index in [0.717, 1.165) is 28.8 Å². The molecule has 2 aliphatic heterocycles. The molecule has 1 aromatic rings. The number of ether oxygens (including phenoxy) is 2. The highest BCUT2D eigenvalue weighted by Crippen LogP contribution is 2.44. The first-order valence-electron chi connectivity index (χ1n) is 7.35. The Morgan fingerprint density at radius 2 is 2.00 bits per heavy atom. The van der Waals surface area contributed by atoms with Crippen LogP contribution in [0.25, 0.3) is 0 Å². The summed E-state index contributed by atoms with van der Waals surface area (Å²) in [6.07, 6.45) is 1.42. The maximum atomic E-state index is 6.60. The summed E-state index contributed by atoms with van der Waals surface area (Å²) in [7, 11) is 0. The molecule has 3 nitrogen and oxygen atoms in total. The van der Waals surface area contributed by atoms with Gasteiger partial charge in [0.05, 0.1) is 18.8 Å². The molecule has 2 N–H and O–H groups in total. The maximum absolute atomic E-state index is 6.60. The van der Waals surface area contributed by atoms with Gasteiger partial charge in [0.15, 0.2) is 0 Å². The van der Waals surface area contributed by atoms with Crippen LogP contribution in [0, 0.1) is 11.8 Å². The van der Waals surface area contributed by atoms with E-state index in [-0.39, 0.29) is 18.2 Å². The van der Waals surface area contributed by atoms with Crippen LogP contribution in [0.15, 0.2) is 16.6 Å². The Bertz CT molecular complexity index is 519. The van der Waals surface area contributed by atoms with Gasteiger partial charge in [-0.05, 0) is 37.5 Å². The van der Waals surface area contributed by atoms with Crippen LogP contribution in [0.2, 0.25) is 0 Å². The topological polar surface area (TPSA) is 44.5 Å². The lowest BCUT2D eigenvalue weighted by Crippen LogP contribution is -2.31. The van der Waals surface area contributed by atoms with E-state index >= 15 is 0 Å². The zero-order valence-corrected chi connectivity index (χ0v) is 13.8. The lowest BCUT2D eigenvalue weighted by molar-refractivity contribution is 0.0489. The van der Waals surface area contributed by atoms with E-state index < -0.39 is 0 Å². The highest BCUT2D eigenvalue weighted by Gasteiger charge is 2.42. The van der Waals surface area contributed by atoms with Gasteiger partial charge in [0, 0.05) is 28.4 Å². The second-order valence-corrected chi connectivity index (χ2v) is 7.01.